The van der Waals surface area contributed by atoms with Crippen LogP contribution in [0.4, 0.5) is 0 Å². The van der Waals surface area contributed by atoms with Crippen LogP contribution in [0, 0.1) is 0 Å². The Morgan fingerprint density at radius 1 is 1.70 bits per heavy atom. The molecular formula is C7H6BrClO. The number of alkyl halides is 1. The van der Waals surface area contributed by atoms with Crippen molar-refractivity contribution in [1.29, 1.82) is 0 Å². The minimum Gasteiger partial charge on any atom is -0.450 e. The summed E-state index contributed by atoms with van der Waals surface area (Å²) in [4.78, 5) is 0. The average molecular weight is 221 g/mol. The molecule has 0 aliphatic rings. The zero-order chi connectivity index (χ0) is 7.56. The second-order valence-electron chi connectivity index (χ2n) is 1.84. The van der Waals surface area contributed by atoms with Gasteiger partial charge in [-0.3, -0.25) is 0 Å². The molecule has 0 saturated heterocycles. The summed E-state index contributed by atoms with van der Waals surface area (Å²) in [6.45, 7) is 3.71. The minimum atomic E-state index is 0.403. The van der Waals surface area contributed by atoms with E-state index in [0.29, 0.717) is 10.5 Å². The number of rotatable bonds is 2. The molecule has 0 amide bonds. The largest absolute Gasteiger partial charge is 0.450 e. The van der Waals surface area contributed by atoms with Gasteiger partial charge in [-0.1, -0.05) is 6.58 Å². The van der Waals surface area contributed by atoms with E-state index >= 15 is 0 Å². The molecule has 0 fully saturated rings. The number of hydrogen-bond acceptors (Lipinski definition) is 1. The summed E-state index contributed by atoms with van der Waals surface area (Å²) in [6.07, 6.45) is 0. The van der Waals surface area contributed by atoms with E-state index in [-0.39, 0.29) is 0 Å². The van der Waals surface area contributed by atoms with Crippen molar-refractivity contribution in [3.63, 3.8) is 0 Å². The first-order valence-electron chi connectivity index (χ1n) is 2.73. The Bertz CT molecular complexity index is 242. The Hall–Kier alpha value is -0.210. The van der Waals surface area contributed by atoms with Crippen molar-refractivity contribution < 1.29 is 4.42 Å². The highest BCUT2D eigenvalue weighted by Gasteiger charge is 2.01. The lowest BCUT2D eigenvalue weighted by molar-refractivity contribution is 0.528. The van der Waals surface area contributed by atoms with Gasteiger partial charge in [-0.05, 0) is 28.1 Å². The van der Waals surface area contributed by atoms with Gasteiger partial charge in [-0.25, -0.2) is 0 Å². The number of furan rings is 1. The molecule has 0 saturated carbocycles. The highest BCUT2D eigenvalue weighted by molar-refractivity contribution is 9.10. The van der Waals surface area contributed by atoms with Crippen LogP contribution in [-0.2, 0) is 0 Å². The van der Waals surface area contributed by atoms with Crippen LogP contribution in [0.2, 0.25) is 0 Å². The summed E-state index contributed by atoms with van der Waals surface area (Å²) in [6, 6.07) is 3.64. The average Bonchev–Trinajstić information content (AvgIpc) is 2.34. The van der Waals surface area contributed by atoms with Gasteiger partial charge >= 0.3 is 0 Å². The number of allylic oxidation sites excluding steroid dienone is 1. The first-order valence-corrected chi connectivity index (χ1v) is 4.06. The molecule has 0 N–H and O–H groups in total. The summed E-state index contributed by atoms with van der Waals surface area (Å²) < 4.78 is 5.87. The maximum Gasteiger partial charge on any atom is 0.169 e. The minimum absolute atomic E-state index is 0.403. The molecule has 0 spiro atoms. The zero-order valence-electron chi connectivity index (χ0n) is 5.23. The van der Waals surface area contributed by atoms with Crippen LogP contribution in [0.5, 0.6) is 0 Å². The van der Waals surface area contributed by atoms with Crippen molar-refractivity contribution in [2.75, 3.05) is 5.88 Å². The molecule has 1 nitrogen and oxygen atoms in total. The first kappa shape index (κ1) is 7.89. The zero-order valence-corrected chi connectivity index (χ0v) is 7.58. The fourth-order valence-corrected chi connectivity index (χ4v) is 1.01. The summed E-state index contributed by atoms with van der Waals surface area (Å²) >= 11 is 8.70. The normalized spacial score (nSPS) is 9.80. The molecule has 3 heteroatoms. The van der Waals surface area contributed by atoms with E-state index in [1.807, 2.05) is 12.1 Å². The van der Waals surface area contributed by atoms with E-state index in [0.717, 1.165) is 11.3 Å². The fourth-order valence-electron chi connectivity index (χ4n) is 0.570. The molecule has 54 valence electrons. The van der Waals surface area contributed by atoms with Gasteiger partial charge in [0, 0.05) is 5.57 Å². The van der Waals surface area contributed by atoms with Crippen LogP contribution in [0.3, 0.4) is 0 Å². The second-order valence-corrected chi connectivity index (χ2v) is 2.89. The van der Waals surface area contributed by atoms with Crippen molar-refractivity contribution in [3.05, 3.63) is 29.1 Å². The Balaban J connectivity index is 2.85. The molecule has 0 radical (unpaired) electrons. The molecule has 0 unspecified atom stereocenters. The third kappa shape index (κ3) is 1.64. The lowest BCUT2D eigenvalue weighted by atomic mass is 10.3. The molecule has 10 heavy (non-hydrogen) atoms. The van der Waals surface area contributed by atoms with Crippen molar-refractivity contribution in [2.24, 2.45) is 0 Å². The first-order chi connectivity index (χ1) is 4.74. The van der Waals surface area contributed by atoms with E-state index in [9.17, 15) is 0 Å². The SMILES string of the molecule is C=C(CCl)c1ccc(Br)o1. The third-order valence-electron chi connectivity index (χ3n) is 1.08. The highest BCUT2D eigenvalue weighted by atomic mass is 79.9. The van der Waals surface area contributed by atoms with Gasteiger partial charge in [-0.15, -0.1) is 11.6 Å². The number of halogens is 2. The summed E-state index contributed by atoms with van der Waals surface area (Å²) in [5.41, 5.74) is 0.798. The molecule has 1 rings (SSSR count). The van der Waals surface area contributed by atoms with Gasteiger partial charge in [0.2, 0.25) is 0 Å². The van der Waals surface area contributed by atoms with Gasteiger partial charge < -0.3 is 4.42 Å². The maximum atomic E-state index is 5.52. The summed E-state index contributed by atoms with van der Waals surface area (Å²) in [5.74, 6) is 1.14. The Kier molecular flexibility index (Phi) is 2.57. The standard InChI is InChI=1S/C7H6BrClO/c1-5(4-9)6-2-3-7(8)10-6/h2-3H,1,4H2. The van der Waals surface area contributed by atoms with Crippen LogP contribution in [0.15, 0.2) is 27.8 Å². The van der Waals surface area contributed by atoms with Gasteiger partial charge in [0.25, 0.3) is 0 Å². The molecule has 1 heterocycles. The summed E-state index contributed by atoms with van der Waals surface area (Å²) in [5, 5.41) is 0. The molecule has 0 bridgehead atoms. The van der Waals surface area contributed by atoms with Gasteiger partial charge in [0.1, 0.15) is 5.76 Å². The van der Waals surface area contributed by atoms with Crippen molar-refractivity contribution in [2.45, 2.75) is 0 Å². The topological polar surface area (TPSA) is 13.1 Å². The Morgan fingerprint density at radius 3 is 2.80 bits per heavy atom. The quantitative estimate of drug-likeness (QED) is 0.699. The summed E-state index contributed by atoms with van der Waals surface area (Å²) in [7, 11) is 0. The Labute approximate surface area is 72.8 Å². The molecule has 0 aliphatic heterocycles. The Morgan fingerprint density at radius 2 is 2.40 bits per heavy atom. The van der Waals surface area contributed by atoms with Crippen LogP contribution in [0.1, 0.15) is 5.76 Å². The van der Waals surface area contributed by atoms with E-state index in [2.05, 4.69) is 22.5 Å². The maximum absolute atomic E-state index is 5.52. The van der Waals surface area contributed by atoms with Crippen molar-refractivity contribution in [1.82, 2.24) is 0 Å². The van der Waals surface area contributed by atoms with Crippen LogP contribution in [-0.4, -0.2) is 5.88 Å². The van der Waals surface area contributed by atoms with E-state index in [1.54, 1.807) is 0 Å². The van der Waals surface area contributed by atoms with Gasteiger partial charge in [-0.2, -0.15) is 0 Å². The monoisotopic (exact) mass is 220 g/mol. The highest BCUT2D eigenvalue weighted by Crippen LogP contribution is 2.20. The van der Waals surface area contributed by atoms with Gasteiger partial charge in [0.05, 0.1) is 5.88 Å². The van der Waals surface area contributed by atoms with E-state index < -0.39 is 0 Å². The van der Waals surface area contributed by atoms with Crippen LogP contribution in [0.25, 0.3) is 5.57 Å². The smallest absolute Gasteiger partial charge is 0.169 e. The molecule has 1 aromatic rings. The van der Waals surface area contributed by atoms with Crippen LogP contribution < -0.4 is 0 Å². The van der Waals surface area contributed by atoms with E-state index in [1.165, 1.54) is 0 Å². The lowest BCUT2D eigenvalue weighted by Gasteiger charge is -1.92. The third-order valence-corrected chi connectivity index (χ3v) is 1.83. The predicted octanol–water partition coefficient (Wildman–Crippen LogP) is 3.29. The van der Waals surface area contributed by atoms with E-state index in [4.69, 9.17) is 16.0 Å². The van der Waals surface area contributed by atoms with Crippen molar-refractivity contribution >= 4 is 33.1 Å². The molecule has 1 aromatic heterocycles. The molecular weight excluding hydrogens is 215 g/mol. The lowest BCUT2D eigenvalue weighted by Crippen LogP contribution is -1.77. The molecule has 0 atom stereocenters. The number of hydrogen-bond donors (Lipinski definition) is 0. The predicted molar refractivity (Wildman–Crippen MR) is 46.2 cm³/mol. The van der Waals surface area contributed by atoms with Gasteiger partial charge in [0.15, 0.2) is 4.67 Å². The molecule has 0 aromatic carbocycles. The molecule has 0 aliphatic carbocycles. The fraction of sp³-hybridized carbons (Fsp3) is 0.143. The van der Waals surface area contributed by atoms with Crippen molar-refractivity contribution in [3.8, 4) is 0 Å². The van der Waals surface area contributed by atoms with Crippen LogP contribution >= 0.6 is 27.5 Å². The second kappa shape index (κ2) is 3.26.